The summed E-state index contributed by atoms with van der Waals surface area (Å²) < 4.78 is 0. The lowest BCUT2D eigenvalue weighted by Gasteiger charge is -2.42. The molecule has 1 saturated carbocycles. The SMILES string of the molecule is C[C@@]12Cc3c([nH]c4ccc(Cl)cc34)[C@@H](c3ccccc3)N1C(=O)N(CCNC1CCC1)C2=O. The monoisotopic (exact) mass is 462 g/mol. The van der Waals surface area contributed by atoms with Crippen LogP contribution in [0.3, 0.4) is 0 Å². The number of halogens is 1. The Bertz CT molecular complexity index is 1250. The molecular weight excluding hydrogens is 436 g/mol. The minimum atomic E-state index is -0.946. The maximum Gasteiger partial charge on any atom is 0.328 e. The topological polar surface area (TPSA) is 68.4 Å². The molecule has 1 aliphatic carbocycles. The lowest BCUT2D eigenvalue weighted by molar-refractivity contribution is -0.133. The summed E-state index contributed by atoms with van der Waals surface area (Å²) in [5.74, 6) is -0.120. The van der Waals surface area contributed by atoms with Crippen molar-refractivity contribution in [3.05, 3.63) is 70.4 Å². The first-order valence-corrected chi connectivity index (χ1v) is 12.1. The molecule has 3 amide bonds. The number of aromatic amines is 1. The third kappa shape index (κ3) is 3.11. The Labute approximate surface area is 197 Å². The second kappa shape index (κ2) is 7.61. The van der Waals surface area contributed by atoms with Crippen LogP contribution in [0, 0.1) is 0 Å². The van der Waals surface area contributed by atoms with E-state index >= 15 is 0 Å². The van der Waals surface area contributed by atoms with Crippen LogP contribution < -0.4 is 5.32 Å². The number of imide groups is 1. The highest BCUT2D eigenvalue weighted by Gasteiger charge is 2.60. The summed E-state index contributed by atoms with van der Waals surface area (Å²) in [6, 6.07) is 15.7. The van der Waals surface area contributed by atoms with E-state index in [-0.39, 0.29) is 18.0 Å². The molecule has 6 nitrogen and oxygen atoms in total. The van der Waals surface area contributed by atoms with Gasteiger partial charge in [-0.3, -0.25) is 14.6 Å². The number of urea groups is 1. The molecule has 33 heavy (non-hydrogen) atoms. The highest BCUT2D eigenvalue weighted by Crippen LogP contribution is 2.48. The van der Waals surface area contributed by atoms with E-state index in [1.807, 2.05) is 55.5 Å². The molecule has 2 aromatic carbocycles. The number of benzene rings is 2. The van der Waals surface area contributed by atoms with Gasteiger partial charge in [0.15, 0.2) is 0 Å². The second-order valence-corrected chi connectivity index (χ2v) is 10.1. The summed E-state index contributed by atoms with van der Waals surface area (Å²) >= 11 is 6.33. The molecule has 2 fully saturated rings. The first kappa shape index (κ1) is 20.8. The second-order valence-electron chi connectivity index (χ2n) is 9.66. The van der Waals surface area contributed by atoms with Gasteiger partial charge in [0.25, 0.3) is 5.91 Å². The lowest BCUT2D eigenvalue weighted by atomic mass is 9.81. The van der Waals surface area contributed by atoms with Gasteiger partial charge in [-0.2, -0.15) is 0 Å². The Balaban J connectivity index is 1.44. The van der Waals surface area contributed by atoms with Crippen LogP contribution in [0.25, 0.3) is 10.9 Å². The summed E-state index contributed by atoms with van der Waals surface area (Å²) in [5, 5.41) is 5.16. The summed E-state index contributed by atoms with van der Waals surface area (Å²) in [6.45, 7) is 2.93. The molecule has 0 radical (unpaired) electrons. The van der Waals surface area contributed by atoms with Crippen molar-refractivity contribution in [1.29, 1.82) is 0 Å². The van der Waals surface area contributed by atoms with Crippen LogP contribution in [-0.4, -0.2) is 51.4 Å². The summed E-state index contributed by atoms with van der Waals surface area (Å²) in [6.07, 6.45) is 4.06. The van der Waals surface area contributed by atoms with Crippen molar-refractivity contribution < 1.29 is 9.59 Å². The highest BCUT2D eigenvalue weighted by molar-refractivity contribution is 6.31. The molecule has 3 aromatic rings. The minimum absolute atomic E-state index is 0.120. The van der Waals surface area contributed by atoms with Crippen molar-refractivity contribution in [2.24, 2.45) is 0 Å². The van der Waals surface area contributed by atoms with Gasteiger partial charge in [-0.1, -0.05) is 48.4 Å². The molecule has 0 bridgehead atoms. The molecule has 7 heteroatoms. The van der Waals surface area contributed by atoms with Crippen LogP contribution in [0.5, 0.6) is 0 Å². The van der Waals surface area contributed by atoms with Gasteiger partial charge in [-0.15, -0.1) is 0 Å². The van der Waals surface area contributed by atoms with Crippen LogP contribution in [-0.2, 0) is 11.2 Å². The minimum Gasteiger partial charge on any atom is -0.356 e. The third-order valence-corrected chi connectivity index (χ3v) is 7.85. The van der Waals surface area contributed by atoms with Crippen molar-refractivity contribution in [3.63, 3.8) is 0 Å². The Hall–Kier alpha value is -2.83. The maximum atomic E-state index is 13.7. The van der Waals surface area contributed by atoms with Crippen LogP contribution in [0.15, 0.2) is 48.5 Å². The van der Waals surface area contributed by atoms with Gasteiger partial charge in [0, 0.05) is 47.2 Å². The van der Waals surface area contributed by atoms with E-state index in [0.717, 1.165) is 27.7 Å². The van der Waals surface area contributed by atoms with Crippen LogP contribution in [0.2, 0.25) is 5.02 Å². The number of carbonyl (C=O) groups is 2. The Morgan fingerprint density at radius 1 is 1.15 bits per heavy atom. The predicted octanol–water partition coefficient (Wildman–Crippen LogP) is 4.63. The molecule has 1 aromatic heterocycles. The molecule has 0 unspecified atom stereocenters. The number of H-pyrrole nitrogens is 1. The van der Waals surface area contributed by atoms with E-state index in [2.05, 4.69) is 10.3 Å². The van der Waals surface area contributed by atoms with E-state index in [9.17, 15) is 9.59 Å². The number of amides is 3. The van der Waals surface area contributed by atoms with Crippen LogP contribution in [0.4, 0.5) is 4.79 Å². The zero-order valence-electron chi connectivity index (χ0n) is 18.6. The van der Waals surface area contributed by atoms with Crippen molar-refractivity contribution in [2.45, 2.75) is 50.2 Å². The smallest absolute Gasteiger partial charge is 0.328 e. The average Bonchev–Trinajstić information content (AvgIpc) is 3.21. The molecule has 1 saturated heterocycles. The molecule has 2 aliphatic heterocycles. The predicted molar refractivity (Wildman–Crippen MR) is 128 cm³/mol. The summed E-state index contributed by atoms with van der Waals surface area (Å²) in [4.78, 5) is 34.3. The number of nitrogens with one attached hydrogen (secondary N) is 2. The number of hydrogen-bond acceptors (Lipinski definition) is 3. The highest BCUT2D eigenvalue weighted by atomic mass is 35.5. The third-order valence-electron chi connectivity index (χ3n) is 7.62. The fourth-order valence-electron chi connectivity index (χ4n) is 5.66. The number of carbonyl (C=O) groups excluding carboxylic acids is 2. The van der Waals surface area contributed by atoms with Crippen molar-refractivity contribution in [2.75, 3.05) is 13.1 Å². The Morgan fingerprint density at radius 3 is 2.67 bits per heavy atom. The largest absolute Gasteiger partial charge is 0.356 e. The molecule has 0 spiro atoms. The van der Waals surface area contributed by atoms with E-state index in [1.165, 1.54) is 24.2 Å². The zero-order valence-corrected chi connectivity index (χ0v) is 19.4. The van der Waals surface area contributed by atoms with Gasteiger partial charge in [0.1, 0.15) is 11.6 Å². The van der Waals surface area contributed by atoms with Gasteiger partial charge in [-0.05, 0) is 49.1 Å². The number of nitrogens with zero attached hydrogens (tertiary/aromatic N) is 2. The van der Waals surface area contributed by atoms with Crippen LogP contribution in [0.1, 0.15) is 49.0 Å². The normalized spacial score (nSPS) is 24.8. The van der Waals surface area contributed by atoms with E-state index < -0.39 is 5.54 Å². The molecule has 3 heterocycles. The fourth-order valence-corrected chi connectivity index (χ4v) is 5.83. The summed E-state index contributed by atoms with van der Waals surface area (Å²) in [7, 11) is 0. The van der Waals surface area contributed by atoms with Gasteiger partial charge in [-0.25, -0.2) is 4.79 Å². The summed E-state index contributed by atoms with van der Waals surface area (Å²) in [5.41, 5.74) is 3.04. The maximum absolute atomic E-state index is 13.7. The Morgan fingerprint density at radius 2 is 1.94 bits per heavy atom. The van der Waals surface area contributed by atoms with E-state index in [4.69, 9.17) is 11.6 Å². The van der Waals surface area contributed by atoms with Crippen molar-refractivity contribution in [1.82, 2.24) is 20.1 Å². The molecule has 2 N–H and O–H groups in total. The molecule has 2 atom stereocenters. The molecule has 6 rings (SSSR count). The number of fused-ring (bicyclic) bond motifs is 4. The lowest BCUT2D eigenvalue weighted by Crippen LogP contribution is -2.53. The first-order chi connectivity index (χ1) is 16.0. The zero-order chi connectivity index (χ0) is 22.7. The van der Waals surface area contributed by atoms with Gasteiger partial charge in [0.05, 0.1) is 0 Å². The fraction of sp³-hybridized carbons (Fsp3) is 0.385. The van der Waals surface area contributed by atoms with E-state index in [0.29, 0.717) is 30.6 Å². The van der Waals surface area contributed by atoms with Gasteiger partial charge in [0.2, 0.25) is 0 Å². The first-order valence-electron chi connectivity index (χ1n) is 11.7. The number of hydrogen-bond donors (Lipinski definition) is 2. The van der Waals surface area contributed by atoms with E-state index in [1.54, 1.807) is 4.90 Å². The van der Waals surface area contributed by atoms with Crippen molar-refractivity contribution >= 4 is 34.4 Å². The standard InChI is InChI=1S/C26H27ClN4O2/c1-26-15-20-19-14-17(27)10-11-21(19)29-22(20)23(16-6-3-2-4-7-16)31(26)25(33)30(24(26)32)13-12-28-18-8-5-9-18/h2-4,6-7,10-11,14,18,23,28-29H,5,8-9,12-13,15H2,1H3/t23-,26+/m1/s1. The van der Waals surface area contributed by atoms with Crippen molar-refractivity contribution in [3.8, 4) is 0 Å². The van der Waals surface area contributed by atoms with Gasteiger partial charge < -0.3 is 10.3 Å². The number of rotatable bonds is 5. The average molecular weight is 463 g/mol. The van der Waals surface area contributed by atoms with Gasteiger partial charge >= 0.3 is 6.03 Å². The molecule has 170 valence electrons. The molecule has 3 aliphatic rings. The molecular formula is C26H27ClN4O2. The number of aromatic nitrogens is 1. The Kier molecular flexibility index (Phi) is 4.78. The van der Waals surface area contributed by atoms with Crippen LogP contribution >= 0.6 is 11.6 Å². The quantitative estimate of drug-likeness (QED) is 0.543.